The van der Waals surface area contributed by atoms with Crippen molar-refractivity contribution < 1.29 is 13.2 Å². The third-order valence-electron chi connectivity index (χ3n) is 4.46. The molecule has 4 rings (SSSR count). The molecule has 0 bridgehead atoms. The quantitative estimate of drug-likeness (QED) is 0.528. The number of benzene rings is 1. The Morgan fingerprint density at radius 2 is 1.72 bits per heavy atom. The molecule has 3 aromatic heterocycles. The topological polar surface area (TPSA) is 74.7 Å². The minimum Gasteiger partial charge on any atom is -0.280 e. The molecule has 0 aliphatic heterocycles. The van der Waals surface area contributed by atoms with E-state index in [1.807, 2.05) is 30.3 Å². The summed E-state index contributed by atoms with van der Waals surface area (Å²) in [7, 11) is 1.27. The molecule has 0 saturated heterocycles. The summed E-state index contributed by atoms with van der Waals surface area (Å²) in [6.45, 7) is -0.123. The molecule has 0 saturated carbocycles. The summed E-state index contributed by atoms with van der Waals surface area (Å²) in [6.07, 6.45) is -2.98. The highest BCUT2D eigenvalue weighted by Crippen LogP contribution is 2.28. The van der Waals surface area contributed by atoms with Crippen LogP contribution in [0.5, 0.6) is 0 Å². The summed E-state index contributed by atoms with van der Waals surface area (Å²) in [5.41, 5.74) is -1.73. The summed E-state index contributed by atoms with van der Waals surface area (Å²) in [4.78, 5) is 28.8. The number of rotatable bonds is 3. The maximum Gasteiger partial charge on any atom is 0.433 e. The molecule has 1 aromatic carbocycles. The van der Waals surface area contributed by atoms with Crippen molar-refractivity contribution in [2.45, 2.75) is 12.7 Å². The lowest BCUT2D eigenvalue weighted by Gasteiger charge is -2.11. The number of fused-ring (bicyclic) bond motifs is 1. The fourth-order valence-electron chi connectivity index (χ4n) is 3.00. The van der Waals surface area contributed by atoms with Crippen LogP contribution in [0.15, 0.2) is 64.3 Å². The van der Waals surface area contributed by atoms with Gasteiger partial charge in [-0.2, -0.15) is 18.3 Å². The summed E-state index contributed by atoms with van der Waals surface area (Å²) in [6, 6.07) is 12.7. The Balaban J connectivity index is 1.78. The molecule has 0 N–H and O–H groups in total. The molecule has 7 nitrogen and oxygen atoms in total. The van der Waals surface area contributed by atoms with Gasteiger partial charge in [0.2, 0.25) is 0 Å². The van der Waals surface area contributed by atoms with Crippen molar-refractivity contribution >= 4 is 11.0 Å². The largest absolute Gasteiger partial charge is 0.433 e. The zero-order valence-electron chi connectivity index (χ0n) is 15.1. The minimum absolute atomic E-state index is 0.0809. The minimum atomic E-state index is -4.68. The van der Waals surface area contributed by atoms with Crippen LogP contribution < -0.4 is 11.2 Å². The fourth-order valence-corrected chi connectivity index (χ4v) is 3.00. The molecule has 4 aromatic rings. The predicted molar refractivity (Wildman–Crippen MR) is 98.9 cm³/mol. The van der Waals surface area contributed by atoms with Crippen LogP contribution in [0, 0.1) is 0 Å². The molecule has 29 heavy (non-hydrogen) atoms. The van der Waals surface area contributed by atoms with Gasteiger partial charge in [-0.15, -0.1) is 0 Å². The second-order valence-electron chi connectivity index (χ2n) is 6.39. The lowest BCUT2D eigenvalue weighted by atomic mass is 10.2. The molecule has 10 heteroatoms. The van der Waals surface area contributed by atoms with Crippen molar-refractivity contribution in [1.29, 1.82) is 0 Å². The molecule has 0 aliphatic carbocycles. The number of halogens is 3. The smallest absolute Gasteiger partial charge is 0.280 e. The number of para-hydroxylation sites is 1. The number of aromatic nitrogens is 5. The van der Waals surface area contributed by atoms with Gasteiger partial charge in [0.05, 0.1) is 23.3 Å². The molecule has 3 heterocycles. The van der Waals surface area contributed by atoms with Crippen LogP contribution >= 0.6 is 0 Å². The molecule has 0 spiro atoms. The monoisotopic (exact) mass is 401 g/mol. The first kappa shape index (κ1) is 18.7. The Morgan fingerprint density at radius 3 is 2.41 bits per heavy atom. The Hall–Kier alpha value is -3.69. The molecular formula is C19H14F3N5O2. The molecule has 0 radical (unpaired) electrons. The molecular weight excluding hydrogens is 387 g/mol. The van der Waals surface area contributed by atoms with Crippen LogP contribution in [0.1, 0.15) is 11.4 Å². The molecule has 0 aliphatic rings. The van der Waals surface area contributed by atoms with Gasteiger partial charge in [0.25, 0.3) is 5.56 Å². The summed E-state index contributed by atoms with van der Waals surface area (Å²) < 4.78 is 42.2. The van der Waals surface area contributed by atoms with Crippen LogP contribution in [0.4, 0.5) is 13.2 Å². The molecule has 0 amide bonds. The number of hydrogen-bond donors (Lipinski definition) is 0. The zero-order valence-corrected chi connectivity index (χ0v) is 15.1. The number of hydrogen-bond acceptors (Lipinski definition) is 4. The average Bonchev–Trinajstić information content (AvgIpc) is 3.18. The third kappa shape index (κ3) is 3.33. The Labute approximate surface area is 161 Å². The summed E-state index contributed by atoms with van der Waals surface area (Å²) in [5.74, 6) is 0. The van der Waals surface area contributed by atoms with E-state index in [2.05, 4.69) is 10.1 Å². The molecule has 0 atom stereocenters. The van der Waals surface area contributed by atoms with Crippen molar-refractivity contribution in [3.05, 3.63) is 87.0 Å². The second kappa shape index (κ2) is 6.73. The van der Waals surface area contributed by atoms with Crippen LogP contribution in [0.3, 0.4) is 0 Å². The average molecular weight is 401 g/mol. The van der Waals surface area contributed by atoms with Crippen molar-refractivity contribution in [3.8, 4) is 5.69 Å². The first-order chi connectivity index (χ1) is 13.8. The summed E-state index contributed by atoms with van der Waals surface area (Å²) in [5, 5.41) is 4.28. The number of alkyl halides is 3. The van der Waals surface area contributed by atoms with Crippen LogP contribution in [0.25, 0.3) is 16.7 Å². The van der Waals surface area contributed by atoms with Crippen LogP contribution in [0.2, 0.25) is 0 Å². The van der Waals surface area contributed by atoms with Crippen molar-refractivity contribution in [2.75, 3.05) is 0 Å². The van der Waals surface area contributed by atoms with Gasteiger partial charge in [0, 0.05) is 13.2 Å². The van der Waals surface area contributed by atoms with Gasteiger partial charge in [0.15, 0.2) is 0 Å². The lowest BCUT2D eigenvalue weighted by molar-refractivity contribution is -0.141. The van der Waals surface area contributed by atoms with Crippen molar-refractivity contribution in [3.63, 3.8) is 0 Å². The number of nitrogens with zero attached hydrogens (tertiary/aromatic N) is 5. The molecule has 148 valence electrons. The van der Waals surface area contributed by atoms with Gasteiger partial charge in [-0.25, -0.2) is 14.5 Å². The normalized spacial score (nSPS) is 11.9. The summed E-state index contributed by atoms with van der Waals surface area (Å²) >= 11 is 0. The number of aryl methyl sites for hydroxylation is 1. The van der Waals surface area contributed by atoms with E-state index in [1.54, 1.807) is 16.9 Å². The first-order valence-corrected chi connectivity index (χ1v) is 8.53. The standard InChI is InChI=1S/C19H14F3N5O2/c1-25-16-14(7-8-15(23-16)19(20,21)22)17(28)26(18(25)29)11-12-9-10-27(24-12)13-5-3-2-4-6-13/h2-10H,11H2,1H3. The predicted octanol–water partition coefficient (Wildman–Crippen LogP) is 2.35. The van der Waals surface area contributed by atoms with E-state index < -0.39 is 23.1 Å². The van der Waals surface area contributed by atoms with Crippen molar-refractivity contribution in [2.24, 2.45) is 7.05 Å². The van der Waals surface area contributed by atoms with Crippen LogP contribution in [-0.4, -0.2) is 23.9 Å². The third-order valence-corrected chi connectivity index (χ3v) is 4.46. The van der Waals surface area contributed by atoms with Gasteiger partial charge >= 0.3 is 11.9 Å². The van der Waals surface area contributed by atoms with Gasteiger partial charge < -0.3 is 0 Å². The first-order valence-electron chi connectivity index (χ1n) is 8.53. The van der Waals surface area contributed by atoms with E-state index in [0.29, 0.717) is 5.69 Å². The highest BCUT2D eigenvalue weighted by atomic mass is 19.4. The van der Waals surface area contributed by atoms with Gasteiger partial charge in [-0.05, 0) is 30.3 Å². The van der Waals surface area contributed by atoms with E-state index in [-0.39, 0.29) is 17.6 Å². The van der Waals surface area contributed by atoms with Gasteiger partial charge in [-0.1, -0.05) is 18.2 Å². The Morgan fingerprint density at radius 1 is 1.00 bits per heavy atom. The van der Waals surface area contributed by atoms with Crippen molar-refractivity contribution in [1.82, 2.24) is 23.9 Å². The van der Waals surface area contributed by atoms with E-state index in [0.717, 1.165) is 27.0 Å². The van der Waals surface area contributed by atoms with E-state index in [4.69, 9.17) is 0 Å². The maximum atomic E-state index is 12.9. The maximum absolute atomic E-state index is 12.9. The zero-order chi connectivity index (χ0) is 20.8. The SMILES string of the molecule is Cn1c(=O)n(Cc2ccn(-c3ccccc3)n2)c(=O)c2ccc(C(F)(F)F)nc21. The van der Waals surface area contributed by atoms with E-state index >= 15 is 0 Å². The van der Waals surface area contributed by atoms with E-state index in [9.17, 15) is 22.8 Å². The van der Waals surface area contributed by atoms with Crippen LogP contribution in [-0.2, 0) is 19.8 Å². The van der Waals surface area contributed by atoms with E-state index in [1.165, 1.54) is 7.05 Å². The molecule has 0 fully saturated rings. The second-order valence-corrected chi connectivity index (χ2v) is 6.39. The fraction of sp³-hybridized carbons (Fsp3) is 0.158. The Kier molecular flexibility index (Phi) is 4.33. The highest BCUT2D eigenvalue weighted by Gasteiger charge is 2.33. The lowest BCUT2D eigenvalue weighted by Crippen LogP contribution is -2.40. The van der Waals surface area contributed by atoms with Gasteiger partial charge in [0.1, 0.15) is 11.3 Å². The molecule has 0 unspecified atom stereocenters. The highest BCUT2D eigenvalue weighted by molar-refractivity contribution is 5.74. The van der Waals surface area contributed by atoms with Gasteiger partial charge in [-0.3, -0.25) is 13.9 Å². The number of pyridine rings is 1. The Bertz CT molecular complexity index is 1320.